The Kier molecular flexibility index (Phi) is 46.4. The van der Waals surface area contributed by atoms with Gasteiger partial charge in [0.05, 0.1) is 80.3 Å². The fraction of sp³-hybridized carbons (Fsp3) is 0.100. The van der Waals surface area contributed by atoms with Crippen molar-refractivity contribution in [3.8, 4) is 0 Å². The molecule has 0 saturated heterocycles. The minimum Gasteiger partial charge on any atom is -0.744 e. The Morgan fingerprint density at radius 3 is 1.44 bits per heavy atom. The zero-order valence-corrected chi connectivity index (χ0v) is 62.8. The number of aromatic nitrogens is 6. The summed E-state index contributed by atoms with van der Waals surface area (Å²) in [5.74, 6) is -2.92. The number of hydrogen-bond acceptors (Lipinski definition) is 37. The van der Waals surface area contributed by atoms with Gasteiger partial charge in [-0.15, -0.1) is 26.3 Å². The van der Waals surface area contributed by atoms with E-state index >= 15 is 0 Å². The maximum atomic E-state index is 12.6. The second-order valence-electron chi connectivity index (χ2n) is 14.0. The Balaban J connectivity index is -0.00000674. The van der Waals surface area contributed by atoms with Crippen molar-refractivity contribution in [2.75, 3.05) is 57.7 Å². The van der Waals surface area contributed by atoms with Crippen molar-refractivity contribution in [2.24, 2.45) is 0 Å². The number of benzene rings is 4. The van der Waals surface area contributed by atoms with Crippen LogP contribution < -0.4 is 225 Å². The number of rotatable bonds is 28. The number of nitrogens with zero attached hydrogens (tertiary/aromatic N) is 8. The Morgan fingerprint density at radius 2 is 0.953 bits per heavy atom. The third-order valence-electron chi connectivity index (χ3n) is 9.11. The van der Waals surface area contributed by atoms with Gasteiger partial charge in [0.25, 0.3) is 5.95 Å². The summed E-state index contributed by atoms with van der Waals surface area (Å²) in [6.07, 6.45) is 2.48. The molecule has 0 aliphatic heterocycles. The molecule has 4 aromatic carbocycles. The quantitative estimate of drug-likeness (QED) is 0.00430. The van der Waals surface area contributed by atoms with Crippen LogP contribution in [0.1, 0.15) is 11.1 Å². The van der Waals surface area contributed by atoms with E-state index in [2.05, 4.69) is 106 Å². The number of aliphatic hydroxyl groups excluding tert-OH is 2. The third-order valence-corrected chi connectivity index (χ3v) is 13.6. The van der Waals surface area contributed by atoms with Crippen LogP contribution >= 0.6 is 36.1 Å². The molecule has 0 radical (unpaired) electrons. The van der Waals surface area contributed by atoms with Crippen molar-refractivity contribution in [1.29, 1.82) is 0 Å². The van der Waals surface area contributed by atoms with Crippen molar-refractivity contribution in [2.45, 2.75) is 29.4 Å². The molecule has 6 rings (SSSR count). The monoisotopic (exact) mass is 1370 g/mol. The van der Waals surface area contributed by atoms with Crippen LogP contribution in [0.15, 0.2) is 128 Å². The van der Waals surface area contributed by atoms with Gasteiger partial charge in [-0.3, -0.25) is 25.5 Å². The van der Waals surface area contributed by atoms with Gasteiger partial charge in [-0.2, -0.15) is 42.9 Å². The summed E-state index contributed by atoms with van der Waals surface area (Å²) in [4.78, 5) is 23.4. The van der Waals surface area contributed by atoms with E-state index in [-0.39, 0.29) is 251 Å². The number of anilines is 10. The van der Waals surface area contributed by atoms with Gasteiger partial charge in [-0.05, 0) is 71.8 Å². The summed E-state index contributed by atoms with van der Waals surface area (Å²) in [7, 11) is -15.5. The number of nitrogens with one attached hydrogen (secondary N) is 4. The maximum absolute atomic E-state index is 12.6. The SMILES string of the molecule is C=C.C=C.O=S(=O)([O-])c1ccc(SOO[O-])c(Nc2nc(Nc3ccc(/C=C/c4ccc(Nc5nc(Nc6cc(SOO[O-])ccc6S(=O)(=O)[O-])nc(N(O)O)n5)cc4S(=O)(=O)[O-])c(SOO[O-])c3)nc(N(CCO)CCO)n2)c1.[Na+].[Na+].[Na+].[Na+].[Na+].[Na+]. The van der Waals surface area contributed by atoms with E-state index in [4.69, 9.17) is 0 Å². The summed E-state index contributed by atoms with van der Waals surface area (Å²) >= 11 is 1.01. The molecule has 0 amide bonds. The first kappa shape index (κ1) is 89.4. The summed E-state index contributed by atoms with van der Waals surface area (Å²) < 4.78 is 123. The minimum atomic E-state index is -5.32. The molecule has 0 unspecified atom stereocenters. The predicted octanol–water partition coefficient (Wildman–Crippen LogP) is -16.4. The molecule has 6 aromatic rings. The van der Waals surface area contributed by atoms with Gasteiger partial charge >= 0.3 is 177 Å². The molecule has 0 atom stereocenters. The Morgan fingerprint density at radius 1 is 0.500 bits per heavy atom. The second-order valence-corrected chi connectivity index (χ2v) is 20.3. The van der Waals surface area contributed by atoms with Crippen molar-refractivity contribution in [3.63, 3.8) is 0 Å². The normalized spacial score (nSPS) is 10.7. The predicted molar refractivity (Wildman–Crippen MR) is 270 cm³/mol. The molecule has 0 aliphatic carbocycles. The van der Waals surface area contributed by atoms with Crippen LogP contribution in [0.3, 0.4) is 0 Å². The molecule has 8 N–H and O–H groups in total. The van der Waals surface area contributed by atoms with Crippen LogP contribution in [0.25, 0.3) is 12.2 Å². The smallest absolute Gasteiger partial charge is 0.744 e. The van der Waals surface area contributed by atoms with Gasteiger partial charge in [0.15, 0.2) is 0 Å². The summed E-state index contributed by atoms with van der Waals surface area (Å²) in [6, 6.07) is 13.3. The van der Waals surface area contributed by atoms with Crippen LogP contribution in [-0.2, 0) is 58.5 Å². The largest absolute Gasteiger partial charge is 1.00 e. The van der Waals surface area contributed by atoms with Gasteiger partial charge < -0.3 is 65.8 Å². The van der Waals surface area contributed by atoms with E-state index in [0.29, 0.717) is 36.1 Å². The van der Waals surface area contributed by atoms with Gasteiger partial charge in [-0.25, -0.2) is 25.3 Å². The molecule has 2 heterocycles. The molecule has 46 heteroatoms. The van der Waals surface area contributed by atoms with Gasteiger partial charge in [0.1, 0.15) is 30.4 Å². The summed E-state index contributed by atoms with van der Waals surface area (Å²) in [5, 5.41) is 90.8. The van der Waals surface area contributed by atoms with Crippen LogP contribution in [0.2, 0.25) is 0 Å². The maximum Gasteiger partial charge on any atom is 1.00 e. The fourth-order valence-electron chi connectivity index (χ4n) is 6.07. The van der Waals surface area contributed by atoms with Crippen LogP contribution in [-0.4, -0.2) is 116 Å². The average molecular weight is 1370 g/mol. The molecule has 2 aromatic heterocycles. The molecular weight excluding hydrogens is 1330 g/mol. The van der Waals surface area contributed by atoms with E-state index in [1.165, 1.54) is 41.3 Å². The van der Waals surface area contributed by atoms with Crippen molar-refractivity contribution >= 4 is 137 Å². The number of hydrogen-bond donors (Lipinski definition) is 8. The second kappa shape index (κ2) is 44.7. The van der Waals surface area contributed by atoms with Crippen LogP contribution in [0, 0.1) is 0 Å². The molecule has 0 spiro atoms. The topological polar surface area (TPSA) is 509 Å². The zero-order chi connectivity index (χ0) is 59.2. The summed E-state index contributed by atoms with van der Waals surface area (Å²) in [5.41, 5.74) is -0.758. The third kappa shape index (κ3) is 28.6. The van der Waals surface area contributed by atoms with Crippen molar-refractivity contribution < 1.29 is 281 Å². The molecule has 0 bridgehead atoms. The Bertz CT molecular complexity index is 3460. The standard InChI is InChI=1S/C36H36N12O22S6.2C2H4.6Na/c49-13-11-47(12-14-50)35-43-31(41-33(44-35)39-25-18-24(74(56,57)58)8-9-27(25)72-69-66-54)37-21-5-3-19(28(15-21)73-70-67-55)1-2-20-4-6-22(16-30(20)76(62,63)64)38-32-42-34(46-36(45-32)48(51)52)40-26-17-23(71-68-65-53)7-10-29(26)75(59,60)61;2*1-2;;;;;;/h1-10,15-18,49-55H,11-14H2,(H,56,57,58)(H,59,60,61)(H,62,63,64)(H2,37,39,41,43,44)(H2,38,40,42,45,46);2*1-2H2;;;;;;/q;;;6*+1/p-6/b2-1+;;;;;;;;. The molecule has 0 fully saturated rings. The van der Waals surface area contributed by atoms with E-state index in [0.717, 1.165) is 48.5 Å². The minimum absolute atomic E-state index is 0. The van der Waals surface area contributed by atoms with Gasteiger partial charge in [0, 0.05) is 34.3 Å². The van der Waals surface area contributed by atoms with E-state index in [9.17, 15) is 75.3 Å². The van der Waals surface area contributed by atoms with Gasteiger partial charge in [0.2, 0.25) is 29.7 Å². The van der Waals surface area contributed by atoms with Gasteiger partial charge in [-0.1, -0.05) is 29.5 Å². The first-order valence-electron chi connectivity index (χ1n) is 20.9. The Hall–Kier alpha value is -0.820. The first-order valence-corrected chi connectivity index (χ1v) is 27.3. The molecular formula is C40H38N12Na6O22S6. The zero-order valence-electron chi connectivity index (χ0n) is 45.9. The van der Waals surface area contributed by atoms with Crippen molar-refractivity contribution in [3.05, 3.63) is 110 Å². The fourth-order valence-corrected chi connectivity index (χ4v) is 9.21. The molecule has 432 valence electrons. The van der Waals surface area contributed by atoms with Crippen LogP contribution in [0.5, 0.6) is 0 Å². The number of aliphatic hydroxyl groups is 2. The van der Waals surface area contributed by atoms with E-state index < -0.39 is 87.0 Å². The first-order chi connectivity index (χ1) is 38.1. The van der Waals surface area contributed by atoms with E-state index in [1.54, 1.807) is 0 Å². The molecule has 34 nitrogen and oxygen atoms in total. The molecule has 0 aliphatic rings. The summed E-state index contributed by atoms with van der Waals surface area (Å²) in [6.45, 7) is 10.9. The average Bonchev–Trinajstić information content (AvgIpc) is 3.45. The van der Waals surface area contributed by atoms with E-state index in [1.807, 2.05) is 0 Å². The molecule has 86 heavy (non-hydrogen) atoms. The Labute approximate surface area is 635 Å². The molecule has 0 saturated carbocycles. The van der Waals surface area contributed by atoms with Crippen molar-refractivity contribution in [1.82, 2.24) is 29.9 Å². The van der Waals surface area contributed by atoms with Crippen LogP contribution in [0.4, 0.5) is 58.4 Å².